The summed E-state index contributed by atoms with van der Waals surface area (Å²) in [4.78, 5) is 23.0. The molecule has 0 aliphatic rings. The summed E-state index contributed by atoms with van der Waals surface area (Å²) in [7, 11) is 1.54. The van der Waals surface area contributed by atoms with Gasteiger partial charge in [-0.3, -0.25) is 9.59 Å². The number of carbonyl (C=O) groups excluding carboxylic acids is 2. The summed E-state index contributed by atoms with van der Waals surface area (Å²) in [6.07, 6.45) is 0.670. The molecule has 0 aliphatic carbocycles. The van der Waals surface area contributed by atoms with Crippen LogP contribution >= 0.6 is 0 Å². The van der Waals surface area contributed by atoms with E-state index in [1.165, 1.54) is 7.11 Å². The van der Waals surface area contributed by atoms with Gasteiger partial charge >= 0.3 is 0 Å². The number of ether oxygens (including phenoxy) is 1. The highest BCUT2D eigenvalue weighted by Crippen LogP contribution is 2.09. The average molecular weight is 300 g/mol. The number of hydrogen-bond acceptors (Lipinski definition) is 3. The summed E-state index contributed by atoms with van der Waals surface area (Å²) in [6, 6.07) is 2.75. The van der Waals surface area contributed by atoms with E-state index >= 15 is 0 Å². The standard InChI is InChI=1S/C14H18F2N2O3/c1-21-8-7-17-13(19)3-2-6-18-14(20)11-5-4-10(15)9-12(11)16/h4-5,9H,2-3,6-8H2,1H3,(H,17,19)(H,18,20). The molecule has 0 aliphatic heterocycles. The third-order valence-electron chi connectivity index (χ3n) is 2.67. The predicted octanol–water partition coefficient (Wildman–Crippen LogP) is 1.24. The molecule has 0 aromatic heterocycles. The van der Waals surface area contributed by atoms with Gasteiger partial charge in [-0.2, -0.15) is 0 Å². The van der Waals surface area contributed by atoms with Crippen LogP contribution in [-0.2, 0) is 9.53 Å². The molecule has 0 heterocycles. The minimum atomic E-state index is -0.912. The molecule has 7 heteroatoms. The van der Waals surface area contributed by atoms with E-state index in [2.05, 4.69) is 10.6 Å². The van der Waals surface area contributed by atoms with Gasteiger partial charge in [0.25, 0.3) is 5.91 Å². The van der Waals surface area contributed by atoms with Gasteiger partial charge < -0.3 is 15.4 Å². The maximum Gasteiger partial charge on any atom is 0.254 e. The van der Waals surface area contributed by atoms with Crippen molar-refractivity contribution >= 4 is 11.8 Å². The lowest BCUT2D eigenvalue weighted by Crippen LogP contribution is -2.29. The van der Waals surface area contributed by atoms with Crippen molar-refractivity contribution in [2.45, 2.75) is 12.8 Å². The van der Waals surface area contributed by atoms with Crippen LogP contribution in [0.1, 0.15) is 23.2 Å². The smallest absolute Gasteiger partial charge is 0.254 e. The van der Waals surface area contributed by atoms with Gasteiger partial charge in [0.2, 0.25) is 5.91 Å². The second kappa shape index (κ2) is 9.02. The van der Waals surface area contributed by atoms with Crippen LogP contribution < -0.4 is 10.6 Å². The van der Waals surface area contributed by atoms with Crippen molar-refractivity contribution in [2.24, 2.45) is 0 Å². The highest BCUT2D eigenvalue weighted by Gasteiger charge is 2.11. The number of benzene rings is 1. The van der Waals surface area contributed by atoms with E-state index in [9.17, 15) is 18.4 Å². The van der Waals surface area contributed by atoms with Crippen LogP contribution in [0.4, 0.5) is 8.78 Å². The zero-order valence-corrected chi connectivity index (χ0v) is 11.7. The zero-order chi connectivity index (χ0) is 15.7. The second-order valence-corrected chi connectivity index (χ2v) is 4.33. The fourth-order valence-electron chi connectivity index (χ4n) is 1.60. The van der Waals surface area contributed by atoms with E-state index in [1.54, 1.807) is 0 Å². The van der Waals surface area contributed by atoms with Gasteiger partial charge in [0, 0.05) is 32.7 Å². The molecule has 0 spiro atoms. The van der Waals surface area contributed by atoms with Gasteiger partial charge in [-0.25, -0.2) is 8.78 Å². The molecule has 1 rings (SSSR count). The predicted molar refractivity (Wildman–Crippen MR) is 72.8 cm³/mol. The summed E-state index contributed by atoms with van der Waals surface area (Å²) in [5, 5.41) is 5.12. The molecular formula is C14H18F2N2O3. The molecule has 0 saturated carbocycles. The summed E-state index contributed by atoms with van der Waals surface area (Å²) in [5.74, 6) is -2.43. The van der Waals surface area contributed by atoms with Gasteiger partial charge in [0.1, 0.15) is 11.6 Å². The van der Waals surface area contributed by atoms with Gasteiger partial charge in [-0.05, 0) is 18.6 Å². The van der Waals surface area contributed by atoms with E-state index < -0.39 is 17.5 Å². The van der Waals surface area contributed by atoms with Crippen molar-refractivity contribution in [1.29, 1.82) is 0 Å². The van der Waals surface area contributed by atoms with Crippen molar-refractivity contribution in [3.63, 3.8) is 0 Å². The first-order valence-corrected chi connectivity index (χ1v) is 6.53. The minimum Gasteiger partial charge on any atom is -0.383 e. The Hall–Kier alpha value is -2.02. The molecule has 0 unspecified atom stereocenters. The first-order chi connectivity index (χ1) is 10.0. The number of amides is 2. The quantitative estimate of drug-likeness (QED) is 0.710. The summed E-state index contributed by atoms with van der Waals surface area (Å²) in [6.45, 7) is 1.10. The van der Waals surface area contributed by atoms with Crippen LogP contribution in [0.5, 0.6) is 0 Å². The molecule has 0 saturated heterocycles. The summed E-state index contributed by atoms with van der Waals surface area (Å²) >= 11 is 0. The van der Waals surface area contributed by atoms with Crippen LogP contribution in [0.15, 0.2) is 18.2 Å². The highest BCUT2D eigenvalue weighted by atomic mass is 19.1. The van der Waals surface area contributed by atoms with Crippen molar-refractivity contribution in [3.8, 4) is 0 Å². The molecule has 2 amide bonds. The molecule has 0 atom stereocenters. The normalized spacial score (nSPS) is 10.2. The van der Waals surface area contributed by atoms with Gasteiger partial charge in [0.15, 0.2) is 0 Å². The van der Waals surface area contributed by atoms with Crippen molar-refractivity contribution in [1.82, 2.24) is 10.6 Å². The number of halogens is 2. The lowest BCUT2D eigenvalue weighted by molar-refractivity contribution is -0.121. The largest absolute Gasteiger partial charge is 0.383 e. The molecule has 5 nitrogen and oxygen atoms in total. The lowest BCUT2D eigenvalue weighted by atomic mass is 10.2. The van der Waals surface area contributed by atoms with E-state index in [1.807, 2.05) is 0 Å². The SMILES string of the molecule is COCCNC(=O)CCCNC(=O)c1ccc(F)cc1F. The number of rotatable bonds is 8. The number of carbonyl (C=O) groups is 2. The molecular weight excluding hydrogens is 282 g/mol. The summed E-state index contributed by atoms with van der Waals surface area (Å²) in [5.41, 5.74) is -0.221. The lowest BCUT2D eigenvalue weighted by Gasteiger charge is -2.07. The van der Waals surface area contributed by atoms with Crippen molar-refractivity contribution in [2.75, 3.05) is 26.8 Å². The fourth-order valence-corrected chi connectivity index (χ4v) is 1.60. The zero-order valence-electron chi connectivity index (χ0n) is 11.7. The first-order valence-electron chi connectivity index (χ1n) is 6.53. The Bertz CT molecular complexity index is 495. The maximum atomic E-state index is 13.3. The number of nitrogens with one attached hydrogen (secondary N) is 2. The Morgan fingerprint density at radius 2 is 1.95 bits per heavy atom. The average Bonchev–Trinajstić information content (AvgIpc) is 2.43. The van der Waals surface area contributed by atoms with Crippen molar-refractivity contribution in [3.05, 3.63) is 35.4 Å². The fraction of sp³-hybridized carbons (Fsp3) is 0.429. The first kappa shape index (κ1) is 17.0. The van der Waals surface area contributed by atoms with E-state index in [4.69, 9.17) is 4.74 Å². The van der Waals surface area contributed by atoms with Crippen molar-refractivity contribution < 1.29 is 23.1 Å². The number of hydrogen-bond donors (Lipinski definition) is 2. The third-order valence-corrected chi connectivity index (χ3v) is 2.67. The Labute approximate surface area is 121 Å². The van der Waals surface area contributed by atoms with Crippen LogP contribution in [0.25, 0.3) is 0 Å². The molecule has 0 fully saturated rings. The molecule has 1 aromatic carbocycles. The molecule has 0 radical (unpaired) electrons. The third kappa shape index (κ3) is 6.31. The molecule has 0 bridgehead atoms. The second-order valence-electron chi connectivity index (χ2n) is 4.33. The van der Waals surface area contributed by atoms with Gasteiger partial charge in [-0.15, -0.1) is 0 Å². The monoisotopic (exact) mass is 300 g/mol. The topological polar surface area (TPSA) is 67.4 Å². The van der Waals surface area contributed by atoms with Gasteiger partial charge in [-0.1, -0.05) is 0 Å². The summed E-state index contributed by atoms with van der Waals surface area (Å²) < 4.78 is 30.8. The molecule has 21 heavy (non-hydrogen) atoms. The van der Waals surface area contributed by atoms with Crippen LogP contribution in [0.2, 0.25) is 0 Å². The van der Waals surface area contributed by atoms with E-state index in [0.29, 0.717) is 25.6 Å². The van der Waals surface area contributed by atoms with E-state index in [0.717, 1.165) is 12.1 Å². The Balaban J connectivity index is 2.26. The Kier molecular flexibility index (Phi) is 7.31. The molecule has 116 valence electrons. The van der Waals surface area contributed by atoms with Gasteiger partial charge in [0.05, 0.1) is 12.2 Å². The van der Waals surface area contributed by atoms with E-state index in [-0.39, 0.29) is 24.4 Å². The minimum absolute atomic E-state index is 0.144. The molecule has 2 N–H and O–H groups in total. The highest BCUT2D eigenvalue weighted by molar-refractivity contribution is 5.94. The Morgan fingerprint density at radius 1 is 1.19 bits per heavy atom. The van der Waals surface area contributed by atoms with Crippen LogP contribution in [0.3, 0.4) is 0 Å². The maximum absolute atomic E-state index is 13.3. The molecule has 1 aromatic rings. The Morgan fingerprint density at radius 3 is 2.62 bits per heavy atom. The van der Waals surface area contributed by atoms with Crippen LogP contribution in [0, 0.1) is 11.6 Å². The van der Waals surface area contributed by atoms with Crippen LogP contribution in [-0.4, -0.2) is 38.6 Å². The number of methoxy groups -OCH3 is 1.